The van der Waals surface area contributed by atoms with Gasteiger partial charge in [0, 0.05) is 78.6 Å². The molecule has 0 saturated carbocycles. The van der Waals surface area contributed by atoms with Crippen LogP contribution >= 0.6 is 22.7 Å². The second kappa shape index (κ2) is 16.4. The number of rotatable bonds is 6. The lowest BCUT2D eigenvalue weighted by molar-refractivity contribution is 1.06. The SMILES string of the molecule is N#Cc1cccc(-c2ccc(-c3nc(-c4ccccc4)nc(-c4cc(C#N)ccc4-n4c5ccccc5c5c6sc7ccccc7c6ccc54)n3)c(-n3c4ccccc4c4c5sc6ccccc6c5ccc43)c2)c1. The maximum absolute atomic E-state index is 10.6. The molecule has 0 aliphatic rings. The van der Waals surface area contributed by atoms with Crippen molar-refractivity contribution in [3.05, 3.63) is 223 Å². The maximum atomic E-state index is 10.6. The first kappa shape index (κ1) is 42.0. The highest BCUT2D eigenvalue weighted by Gasteiger charge is 2.25. The Morgan fingerprint density at radius 3 is 1.49 bits per heavy atom. The topological polar surface area (TPSA) is 96.1 Å². The van der Waals surface area contributed by atoms with E-state index < -0.39 is 0 Å². The Hall–Kier alpha value is -9.77. The highest BCUT2D eigenvalue weighted by molar-refractivity contribution is 7.27. The third-order valence-electron chi connectivity index (χ3n) is 14.4. The Morgan fingerprint density at radius 2 is 0.851 bits per heavy atom. The van der Waals surface area contributed by atoms with E-state index in [1.54, 1.807) is 0 Å². The number of para-hydroxylation sites is 2. The fraction of sp³-hybridized carbons (Fsp3) is 0. The molecule has 0 bridgehead atoms. The average Bonchev–Trinajstić information content (AvgIpc) is 4.23. The number of fused-ring (bicyclic) bond motifs is 14. The molecule has 9 heteroatoms. The lowest BCUT2D eigenvalue weighted by Crippen LogP contribution is -2.06. The summed E-state index contributed by atoms with van der Waals surface area (Å²) in [7, 11) is 0. The third-order valence-corrected chi connectivity index (χ3v) is 16.8. The summed E-state index contributed by atoms with van der Waals surface area (Å²) in [6.07, 6.45) is 0. The smallest absolute Gasteiger partial charge is 0.166 e. The summed E-state index contributed by atoms with van der Waals surface area (Å²) in [5.41, 5.74) is 11.1. The fourth-order valence-corrected chi connectivity index (χ4v) is 13.7. The molecule has 0 aliphatic carbocycles. The van der Waals surface area contributed by atoms with Gasteiger partial charge in [0.05, 0.1) is 56.7 Å². The molecule has 5 aromatic heterocycles. The first-order valence-corrected chi connectivity index (χ1v) is 25.9. The van der Waals surface area contributed by atoms with Gasteiger partial charge in [0.2, 0.25) is 0 Å². The van der Waals surface area contributed by atoms with Crippen LogP contribution in [0.15, 0.2) is 212 Å². The lowest BCUT2D eigenvalue weighted by atomic mass is 10.00. The Bertz CT molecular complexity index is 4950. The van der Waals surface area contributed by atoms with Crippen molar-refractivity contribution in [2.24, 2.45) is 0 Å². The van der Waals surface area contributed by atoms with Gasteiger partial charge in [0.15, 0.2) is 17.5 Å². The van der Waals surface area contributed by atoms with Gasteiger partial charge in [-0.25, -0.2) is 15.0 Å². The quantitative estimate of drug-likeness (QED) is 0.165. The van der Waals surface area contributed by atoms with Gasteiger partial charge in [0.25, 0.3) is 0 Å². The number of hydrogen-bond acceptors (Lipinski definition) is 7. The van der Waals surface area contributed by atoms with Crippen LogP contribution in [0.25, 0.3) is 141 Å². The van der Waals surface area contributed by atoms with Crippen LogP contribution in [0.1, 0.15) is 11.1 Å². The van der Waals surface area contributed by atoms with Gasteiger partial charge in [0.1, 0.15) is 0 Å². The first-order valence-electron chi connectivity index (χ1n) is 24.3. The predicted octanol–water partition coefficient (Wildman–Crippen LogP) is 17.2. The minimum atomic E-state index is 0.431. The lowest BCUT2D eigenvalue weighted by Gasteiger charge is -2.18. The zero-order valence-corrected chi connectivity index (χ0v) is 40.8. The molecule has 0 amide bonds. The van der Waals surface area contributed by atoms with E-state index in [1.165, 1.54) is 51.1 Å². The molecule has 7 nitrogen and oxygen atoms in total. The zero-order chi connectivity index (χ0) is 49.0. The van der Waals surface area contributed by atoms with Crippen molar-refractivity contribution in [1.82, 2.24) is 24.1 Å². The monoisotopic (exact) mass is 977 g/mol. The van der Waals surface area contributed by atoms with Crippen LogP contribution in [0.5, 0.6) is 0 Å². The number of thiophene rings is 2. The number of hydrogen-bond donors (Lipinski definition) is 0. The summed E-state index contributed by atoms with van der Waals surface area (Å²) in [5.74, 6) is 1.40. The van der Waals surface area contributed by atoms with E-state index in [1.807, 2.05) is 95.5 Å². The van der Waals surface area contributed by atoms with E-state index in [9.17, 15) is 10.5 Å². The molecule has 0 radical (unpaired) electrons. The van der Waals surface area contributed by atoms with Crippen LogP contribution in [0.3, 0.4) is 0 Å². The average molecular weight is 978 g/mol. The highest BCUT2D eigenvalue weighted by Crippen LogP contribution is 2.47. The van der Waals surface area contributed by atoms with Crippen molar-refractivity contribution in [3.8, 4) is 68.8 Å². The normalized spacial score (nSPS) is 11.8. The number of aromatic nitrogens is 5. The molecule has 0 spiro atoms. The van der Waals surface area contributed by atoms with E-state index in [-0.39, 0.29) is 0 Å². The molecule has 342 valence electrons. The summed E-state index contributed by atoms with van der Waals surface area (Å²) in [4.78, 5) is 16.2. The molecule has 0 N–H and O–H groups in total. The molecule has 0 aliphatic heterocycles. The van der Waals surface area contributed by atoms with Crippen molar-refractivity contribution in [3.63, 3.8) is 0 Å². The van der Waals surface area contributed by atoms with E-state index in [0.29, 0.717) is 34.2 Å². The molecule has 5 heterocycles. The van der Waals surface area contributed by atoms with E-state index in [0.717, 1.165) is 66.5 Å². The van der Waals surface area contributed by atoms with Crippen LogP contribution in [0.2, 0.25) is 0 Å². The van der Waals surface area contributed by atoms with Gasteiger partial charge in [-0.05, 0) is 90.0 Å². The Morgan fingerprint density at radius 1 is 0.338 bits per heavy atom. The van der Waals surface area contributed by atoms with Gasteiger partial charge in [-0.15, -0.1) is 22.7 Å². The van der Waals surface area contributed by atoms with Crippen LogP contribution in [0.4, 0.5) is 0 Å². The van der Waals surface area contributed by atoms with Gasteiger partial charge < -0.3 is 9.13 Å². The molecule has 0 unspecified atom stereocenters. The first-order chi connectivity index (χ1) is 36.6. The number of nitrogens with zero attached hydrogens (tertiary/aromatic N) is 7. The largest absolute Gasteiger partial charge is 0.308 e. The molecule has 0 fully saturated rings. The van der Waals surface area contributed by atoms with Crippen LogP contribution in [0, 0.1) is 22.7 Å². The fourth-order valence-electron chi connectivity index (χ4n) is 11.2. The Labute approximate surface area is 431 Å². The third kappa shape index (κ3) is 6.31. The molecular formula is C65H35N7S2. The Balaban J connectivity index is 1.03. The molecular weight excluding hydrogens is 943 g/mol. The predicted molar refractivity (Wildman–Crippen MR) is 305 cm³/mol. The van der Waals surface area contributed by atoms with Gasteiger partial charge in [-0.3, -0.25) is 0 Å². The molecule has 10 aromatic carbocycles. The van der Waals surface area contributed by atoms with E-state index in [2.05, 4.69) is 161 Å². The van der Waals surface area contributed by atoms with Crippen molar-refractivity contribution in [1.29, 1.82) is 10.5 Å². The minimum absolute atomic E-state index is 0.431. The van der Waals surface area contributed by atoms with E-state index >= 15 is 0 Å². The summed E-state index contributed by atoms with van der Waals surface area (Å²) < 4.78 is 9.61. The molecule has 0 atom stereocenters. The molecule has 15 aromatic rings. The Kier molecular flexibility index (Phi) is 9.29. The van der Waals surface area contributed by atoms with Gasteiger partial charge >= 0.3 is 0 Å². The van der Waals surface area contributed by atoms with Crippen LogP contribution in [-0.2, 0) is 0 Å². The molecule has 0 saturated heterocycles. The molecule has 15 rings (SSSR count). The van der Waals surface area contributed by atoms with Gasteiger partial charge in [-0.1, -0.05) is 133 Å². The minimum Gasteiger partial charge on any atom is -0.308 e. The number of benzene rings is 10. The van der Waals surface area contributed by atoms with Crippen LogP contribution < -0.4 is 0 Å². The summed E-state index contributed by atoms with van der Waals surface area (Å²) in [5, 5.41) is 30.2. The summed E-state index contributed by atoms with van der Waals surface area (Å²) in [6, 6.07) is 78.2. The number of nitriles is 2. The van der Waals surface area contributed by atoms with Gasteiger partial charge in [-0.2, -0.15) is 10.5 Å². The van der Waals surface area contributed by atoms with E-state index in [4.69, 9.17) is 15.0 Å². The highest BCUT2D eigenvalue weighted by atomic mass is 32.1. The van der Waals surface area contributed by atoms with Crippen molar-refractivity contribution < 1.29 is 0 Å². The summed E-state index contributed by atoms with van der Waals surface area (Å²) >= 11 is 3.64. The standard InChI is InChI=1S/C65H35N7S2/c66-36-38-13-12-16-41(33-38)42-26-27-49(56(35-42)72-52-22-9-5-20-48(52)60-55(72)32-29-46-44-18-7-11-24-58(44)74-62(46)60)64-68-63(40-14-2-1-3-15-40)69-65(70-64)50-34-39(37-67)25-30-53(50)71-51-21-8-4-19-47(51)59-54(71)31-28-45-43-17-6-10-23-57(43)73-61(45)59/h1-35H. The summed E-state index contributed by atoms with van der Waals surface area (Å²) in [6.45, 7) is 0. The molecule has 74 heavy (non-hydrogen) atoms. The van der Waals surface area contributed by atoms with Crippen molar-refractivity contribution in [2.45, 2.75) is 0 Å². The second-order valence-corrected chi connectivity index (χ2v) is 20.6. The maximum Gasteiger partial charge on any atom is 0.166 e. The van der Waals surface area contributed by atoms with Crippen molar-refractivity contribution >= 4 is 107 Å². The zero-order valence-electron chi connectivity index (χ0n) is 39.2. The second-order valence-electron chi connectivity index (χ2n) is 18.5. The van der Waals surface area contributed by atoms with Crippen molar-refractivity contribution in [2.75, 3.05) is 0 Å². The van der Waals surface area contributed by atoms with Crippen LogP contribution in [-0.4, -0.2) is 24.1 Å².